The van der Waals surface area contributed by atoms with Gasteiger partial charge in [-0.1, -0.05) is 48.5 Å². The van der Waals surface area contributed by atoms with Crippen LogP contribution in [0.5, 0.6) is 0 Å². The third kappa shape index (κ3) is 4.41. The molecule has 5 fully saturated rings. The zero-order valence-corrected chi connectivity index (χ0v) is 26.6. The molecule has 228 valence electrons. The molecule has 5 aliphatic rings. The van der Waals surface area contributed by atoms with Crippen LogP contribution in [0, 0.1) is 56.7 Å². The number of aliphatic carboxylic acids is 1. The van der Waals surface area contributed by atoms with Crippen molar-refractivity contribution < 1.29 is 24.5 Å². The van der Waals surface area contributed by atoms with Gasteiger partial charge in [0.15, 0.2) is 0 Å². The number of ether oxygens (including phenoxy) is 1. The van der Waals surface area contributed by atoms with Crippen molar-refractivity contribution in [2.45, 2.75) is 151 Å². The van der Waals surface area contributed by atoms with E-state index in [0.29, 0.717) is 36.0 Å². The number of hydrogen-bond acceptors (Lipinski definition) is 4. The quantitative estimate of drug-likeness (QED) is 0.322. The average Bonchev–Trinajstić information content (AvgIpc) is 2.89. The van der Waals surface area contributed by atoms with Crippen LogP contribution in [0.1, 0.15) is 138 Å². The normalized spacial score (nSPS) is 52.0. The first-order chi connectivity index (χ1) is 18.7. The summed E-state index contributed by atoms with van der Waals surface area (Å²) >= 11 is 0. The van der Waals surface area contributed by atoms with Gasteiger partial charge in [-0.25, -0.2) is 0 Å². The third-order valence-corrected chi connectivity index (χ3v) is 15.1. The fourth-order valence-corrected chi connectivity index (χ4v) is 12.0. The Bertz CT molecular complexity index is 994. The highest BCUT2D eigenvalue weighted by Gasteiger charge is 2.70. The number of carboxylic acid groups (broad SMARTS) is 1. The molecule has 0 radical (unpaired) electrons. The minimum atomic E-state index is -0.858. The summed E-state index contributed by atoms with van der Waals surface area (Å²) in [6.45, 7) is 17.3. The molecule has 40 heavy (non-hydrogen) atoms. The highest BCUT2D eigenvalue weighted by atomic mass is 16.5. The van der Waals surface area contributed by atoms with E-state index in [9.17, 15) is 14.7 Å². The molecule has 0 aromatic carbocycles. The van der Waals surface area contributed by atoms with Crippen LogP contribution in [0.25, 0.3) is 0 Å². The highest BCUT2D eigenvalue weighted by Crippen LogP contribution is 2.76. The number of carbonyl (C=O) groups excluding carboxylic acids is 1. The molecule has 12 atom stereocenters. The van der Waals surface area contributed by atoms with Crippen LogP contribution >= 0.6 is 0 Å². The molecule has 0 bridgehead atoms. The van der Waals surface area contributed by atoms with Crippen LogP contribution in [0.3, 0.4) is 0 Å². The van der Waals surface area contributed by atoms with Crippen LogP contribution in [-0.2, 0) is 14.3 Å². The van der Waals surface area contributed by atoms with Gasteiger partial charge >= 0.3 is 11.9 Å². The Morgan fingerprint density at radius 3 is 2.20 bits per heavy atom. The maximum atomic E-state index is 12.6. The molecule has 2 N–H and O–H groups in total. The molecule has 12 unspecified atom stereocenters. The molecule has 0 spiro atoms. The highest BCUT2D eigenvalue weighted by molar-refractivity contribution is 5.71. The lowest BCUT2D eigenvalue weighted by atomic mass is 9.32. The average molecular weight is 559 g/mol. The second-order valence-corrected chi connectivity index (χ2v) is 16.5. The summed E-state index contributed by atoms with van der Waals surface area (Å²) in [6, 6.07) is 0. The minimum absolute atomic E-state index is 0.0186. The van der Waals surface area contributed by atoms with E-state index in [1.165, 1.54) is 44.9 Å². The lowest BCUT2D eigenvalue weighted by molar-refractivity contribution is -0.261. The van der Waals surface area contributed by atoms with E-state index in [1.54, 1.807) is 0 Å². The Morgan fingerprint density at radius 2 is 1.52 bits per heavy atom. The van der Waals surface area contributed by atoms with E-state index in [-0.39, 0.29) is 58.1 Å². The van der Waals surface area contributed by atoms with Crippen molar-refractivity contribution in [3.63, 3.8) is 0 Å². The van der Waals surface area contributed by atoms with E-state index in [4.69, 9.17) is 9.84 Å². The molecule has 0 heterocycles. The van der Waals surface area contributed by atoms with Crippen LogP contribution in [-0.4, -0.2) is 34.4 Å². The number of carbonyl (C=O) groups is 2. The molecule has 5 aliphatic carbocycles. The monoisotopic (exact) mass is 558 g/mol. The SMILES string of the molecule is CCC1(C)CCC2(C)CCC3(C)C(CCC4C5(C)CCC(OC(=O)CCCC(=O)O)C(C)C5CCC43C)C2C1O. The van der Waals surface area contributed by atoms with Gasteiger partial charge in [0.05, 0.1) is 6.10 Å². The smallest absolute Gasteiger partial charge is 0.306 e. The summed E-state index contributed by atoms with van der Waals surface area (Å²) in [5, 5.41) is 20.9. The van der Waals surface area contributed by atoms with Crippen molar-refractivity contribution in [2.75, 3.05) is 0 Å². The summed E-state index contributed by atoms with van der Waals surface area (Å²) in [5.41, 5.74) is 1.07. The largest absolute Gasteiger partial charge is 0.481 e. The molecular weight excluding hydrogens is 500 g/mol. The van der Waals surface area contributed by atoms with Crippen LogP contribution < -0.4 is 0 Å². The predicted molar refractivity (Wildman–Crippen MR) is 157 cm³/mol. The number of carboxylic acids is 1. The molecular formula is C35H58O5. The lowest BCUT2D eigenvalue weighted by Crippen LogP contribution is -2.67. The van der Waals surface area contributed by atoms with Gasteiger partial charge in [0, 0.05) is 12.8 Å². The van der Waals surface area contributed by atoms with E-state index in [2.05, 4.69) is 48.5 Å². The number of rotatable bonds is 6. The van der Waals surface area contributed by atoms with Crippen molar-refractivity contribution in [2.24, 2.45) is 56.7 Å². The Morgan fingerprint density at radius 1 is 0.825 bits per heavy atom. The number of hydrogen-bond donors (Lipinski definition) is 2. The van der Waals surface area contributed by atoms with Gasteiger partial charge in [0.25, 0.3) is 0 Å². The molecule has 5 heteroatoms. The first-order valence-electron chi connectivity index (χ1n) is 16.7. The van der Waals surface area contributed by atoms with Crippen molar-refractivity contribution >= 4 is 11.9 Å². The number of aliphatic hydroxyl groups is 1. The van der Waals surface area contributed by atoms with E-state index in [1.807, 2.05) is 0 Å². The van der Waals surface area contributed by atoms with Crippen molar-refractivity contribution in [3.05, 3.63) is 0 Å². The molecule has 0 saturated heterocycles. The first-order valence-corrected chi connectivity index (χ1v) is 16.7. The lowest BCUT2D eigenvalue weighted by Gasteiger charge is -2.73. The Hall–Kier alpha value is -1.10. The van der Waals surface area contributed by atoms with Gasteiger partial charge in [0.2, 0.25) is 0 Å². The van der Waals surface area contributed by atoms with Gasteiger partial charge in [-0.15, -0.1) is 0 Å². The standard InChI is InChI=1S/C35H58O5/c1-8-31(3)18-19-32(4)20-21-34(6)24(29(32)30(31)39)12-13-26-33(5)16-15-25(40-28(38)11-9-10-27(36)37)22(2)23(33)14-17-35(26,34)7/h22-26,29-30,39H,8-21H2,1-7H3,(H,36,37). The van der Waals surface area contributed by atoms with Crippen molar-refractivity contribution in [1.29, 1.82) is 0 Å². The summed E-state index contributed by atoms with van der Waals surface area (Å²) in [5.74, 6) is 1.45. The first kappa shape index (κ1) is 30.4. The summed E-state index contributed by atoms with van der Waals surface area (Å²) in [4.78, 5) is 23.4. The van der Waals surface area contributed by atoms with Crippen molar-refractivity contribution in [1.82, 2.24) is 0 Å². The van der Waals surface area contributed by atoms with Crippen LogP contribution in [0.2, 0.25) is 0 Å². The van der Waals surface area contributed by atoms with E-state index in [0.717, 1.165) is 25.7 Å². The maximum absolute atomic E-state index is 12.6. The van der Waals surface area contributed by atoms with Gasteiger partial charge in [-0.3, -0.25) is 9.59 Å². The third-order valence-electron chi connectivity index (χ3n) is 15.1. The minimum Gasteiger partial charge on any atom is -0.481 e. The second kappa shape index (κ2) is 10.3. The molecule has 0 aliphatic heterocycles. The number of fused-ring (bicyclic) bond motifs is 7. The zero-order valence-electron chi connectivity index (χ0n) is 26.6. The molecule has 0 amide bonds. The van der Waals surface area contributed by atoms with Crippen LogP contribution in [0.4, 0.5) is 0 Å². The Balaban J connectivity index is 1.36. The van der Waals surface area contributed by atoms with Crippen molar-refractivity contribution in [3.8, 4) is 0 Å². The van der Waals surface area contributed by atoms with Gasteiger partial charge in [0.1, 0.15) is 6.10 Å². The van der Waals surface area contributed by atoms with Gasteiger partial charge in [-0.05, 0) is 134 Å². The number of aliphatic hydroxyl groups excluding tert-OH is 1. The summed E-state index contributed by atoms with van der Waals surface area (Å²) < 4.78 is 6.00. The second-order valence-electron chi connectivity index (χ2n) is 16.5. The zero-order chi connectivity index (χ0) is 29.3. The van der Waals surface area contributed by atoms with E-state index < -0.39 is 5.97 Å². The van der Waals surface area contributed by atoms with Gasteiger partial charge in [-0.2, -0.15) is 0 Å². The molecule has 0 aromatic rings. The molecule has 5 nitrogen and oxygen atoms in total. The topological polar surface area (TPSA) is 83.8 Å². The van der Waals surface area contributed by atoms with Crippen LogP contribution in [0.15, 0.2) is 0 Å². The van der Waals surface area contributed by atoms with E-state index >= 15 is 0 Å². The van der Waals surface area contributed by atoms with Gasteiger partial charge < -0.3 is 14.9 Å². The fourth-order valence-electron chi connectivity index (χ4n) is 12.0. The maximum Gasteiger partial charge on any atom is 0.306 e. The summed E-state index contributed by atoms with van der Waals surface area (Å²) in [7, 11) is 0. The Labute approximate surface area is 243 Å². The molecule has 5 saturated carbocycles. The predicted octanol–water partition coefficient (Wildman–Crippen LogP) is 8.03. The Kier molecular flexibility index (Phi) is 7.79. The summed E-state index contributed by atoms with van der Waals surface area (Å²) in [6.07, 6.45) is 13.3. The fraction of sp³-hybridized carbons (Fsp3) is 0.943. The number of esters is 1. The molecule has 5 rings (SSSR count). The molecule has 0 aromatic heterocycles.